The molecule has 0 aliphatic heterocycles. The van der Waals surface area contributed by atoms with Crippen molar-refractivity contribution in [1.29, 1.82) is 0 Å². The Bertz CT molecular complexity index is 2180. The fourth-order valence-corrected chi connectivity index (χ4v) is 5.65. The Morgan fingerprint density at radius 3 is 2.62 bits per heavy atom. The van der Waals surface area contributed by atoms with Gasteiger partial charge >= 0.3 is 0 Å². The molecule has 9 nitrogen and oxygen atoms in total. The van der Waals surface area contributed by atoms with Crippen LogP contribution < -0.4 is 20.3 Å². The summed E-state index contributed by atoms with van der Waals surface area (Å²) in [6, 6.07) is 22.7. The van der Waals surface area contributed by atoms with Gasteiger partial charge in [0.15, 0.2) is 23.9 Å². The Morgan fingerprint density at radius 1 is 1.07 bits per heavy atom. The first-order valence-electron chi connectivity index (χ1n) is 13.2. The fourth-order valence-electron chi connectivity index (χ4n) is 4.49. The molecule has 0 radical (unpaired) electrons. The maximum Gasteiger partial charge on any atom is 0.282 e. The Morgan fingerprint density at radius 2 is 1.84 bits per heavy atom. The number of methoxy groups -OCH3 is 1. The van der Waals surface area contributed by atoms with Crippen molar-refractivity contribution < 1.29 is 18.7 Å². The Hall–Kier alpha value is -4.16. The number of fused-ring (bicyclic) bond motifs is 2. The number of nitrogens with zero attached hydrogens (tertiary/aromatic N) is 3. The van der Waals surface area contributed by atoms with Crippen LogP contribution >= 0.6 is 55.1 Å². The second kappa shape index (κ2) is 13.1. The second-order valence-electron chi connectivity index (χ2n) is 9.58. The molecule has 0 saturated heterocycles. The lowest BCUT2D eigenvalue weighted by atomic mass is 10.2. The maximum atomic E-state index is 13.7. The summed E-state index contributed by atoms with van der Waals surface area (Å²) < 4.78 is 19.8. The van der Waals surface area contributed by atoms with Crippen molar-refractivity contribution in [3.63, 3.8) is 0 Å². The van der Waals surface area contributed by atoms with Gasteiger partial charge in [-0.3, -0.25) is 9.59 Å². The van der Waals surface area contributed by atoms with Crippen LogP contribution in [0.5, 0.6) is 11.5 Å². The summed E-state index contributed by atoms with van der Waals surface area (Å²) >= 11 is 19.5. The van der Waals surface area contributed by atoms with Gasteiger partial charge in [-0.1, -0.05) is 51.3 Å². The first-order chi connectivity index (χ1) is 21.7. The third-order valence-corrected chi connectivity index (χ3v) is 8.80. The quantitative estimate of drug-likeness (QED) is 0.156. The predicted octanol–water partition coefficient (Wildman–Crippen LogP) is 8.55. The molecule has 0 atom stereocenters. The summed E-state index contributed by atoms with van der Waals surface area (Å²) in [5.41, 5.74) is 1.76. The van der Waals surface area contributed by atoms with Crippen LogP contribution in [0.2, 0.25) is 10.0 Å². The average Bonchev–Trinajstić information content (AvgIpc) is 3.46. The third kappa shape index (κ3) is 6.48. The SMILES string of the molecule is COc1cc(C=Nn2c(-c3cc4cc(Br)ccc4o3)nc3ccccc3c2=O)c(Br)c(Cl)c1OCC(=O)Nc1ccc(Cl)cc1. The van der Waals surface area contributed by atoms with Gasteiger partial charge in [0.25, 0.3) is 11.5 Å². The number of hydrogen-bond acceptors (Lipinski definition) is 7. The highest BCUT2D eigenvalue weighted by Gasteiger charge is 2.20. The van der Waals surface area contributed by atoms with Gasteiger partial charge in [-0.2, -0.15) is 9.78 Å². The molecular formula is C32H20Br2Cl2N4O5. The number of rotatable bonds is 8. The minimum Gasteiger partial charge on any atom is -0.493 e. The van der Waals surface area contributed by atoms with E-state index < -0.39 is 11.5 Å². The molecule has 45 heavy (non-hydrogen) atoms. The van der Waals surface area contributed by atoms with Crippen LogP contribution in [0.25, 0.3) is 33.5 Å². The molecule has 1 amide bonds. The molecule has 0 unspecified atom stereocenters. The molecule has 1 N–H and O–H groups in total. The van der Waals surface area contributed by atoms with Gasteiger partial charge in [-0.05, 0) is 82.7 Å². The van der Waals surface area contributed by atoms with Gasteiger partial charge in [0.1, 0.15) is 10.6 Å². The highest BCUT2D eigenvalue weighted by atomic mass is 79.9. The van der Waals surface area contributed by atoms with Gasteiger partial charge in [0.05, 0.1) is 24.2 Å². The summed E-state index contributed by atoms with van der Waals surface area (Å²) in [5.74, 6) is 0.552. The van der Waals surface area contributed by atoms with Crippen molar-refractivity contribution >= 4 is 94.7 Å². The highest BCUT2D eigenvalue weighted by Crippen LogP contribution is 2.42. The molecule has 0 bridgehead atoms. The zero-order chi connectivity index (χ0) is 31.7. The molecule has 4 aromatic carbocycles. The number of ether oxygens (including phenoxy) is 2. The van der Waals surface area contributed by atoms with Crippen LogP contribution in [0.15, 0.2) is 102 Å². The molecule has 0 fully saturated rings. The first-order valence-corrected chi connectivity index (χ1v) is 15.6. The summed E-state index contributed by atoms with van der Waals surface area (Å²) in [5, 5.41) is 9.14. The lowest BCUT2D eigenvalue weighted by Crippen LogP contribution is -2.20. The number of nitrogens with one attached hydrogen (secondary N) is 1. The van der Waals surface area contributed by atoms with Crippen molar-refractivity contribution in [3.8, 4) is 23.1 Å². The topological polar surface area (TPSA) is 108 Å². The average molecular weight is 771 g/mol. The highest BCUT2D eigenvalue weighted by molar-refractivity contribution is 9.10. The van der Waals surface area contributed by atoms with E-state index in [0.29, 0.717) is 43.0 Å². The van der Waals surface area contributed by atoms with Crippen LogP contribution in [-0.4, -0.2) is 35.5 Å². The Kier molecular flexibility index (Phi) is 8.95. The van der Waals surface area contributed by atoms with Crippen LogP contribution in [0, 0.1) is 0 Å². The number of carbonyl (C=O) groups is 1. The smallest absolute Gasteiger partial charge is 0.282 e. The summed E-state index contributed by atoms with van der Waals surface area (Å²) in [4.78, 5) is 30.9. The minimum atomic E-state index is -0.411. The van der Waals surface area contributed by atoms with Crippen molar-refractivity contribution in [1.82, 2.24) is 9.66 Å². The van der Waals surface area contributed by atoms with Gasteiger partial charge in [-0.25, -0.2) is 4.98 Å². The Balaban J connectivity index is 1.34. The van der Waals surface area contributed by atoms with Crippen molar-refractivity contribution in [2.24, 2.45) is 5.10 Å². The van der Waals surface area contributed by atoms with Crippen LogP contribution in [0.4, 0.5) is 5.69 Å². The summed E-state index contributed by atoms with van der Waals surface area (Å²) in [6.07, 6.45) is 1.44. The van der Waals surface area contributed by atoms with E-state index in [-0.39, 0.29) is 29.0 Å². The van der Waals surface area contributed by atoms with Crippen molar-refractivity contribution in [2.75, 3.05) is 19.0 Å². The van der Waals surface area contributed by atoms with E-state index in [1.165, 1.54) is 18.0 Å². The van der Waals surface area contributed by atoms with Gasteiger partial charge in [-0.15, -0.1) is 0 Å². The zero-order valence-corrected chi connectivity index (χ0v) is 27.9. The van der Waals surface area contributed by atoms with E-state index in [1.807, 2.05) is 18.2 Å². The summed E-state index contributed by atoms with van der Waals surface area (Å²) in [7, 11) is 1.44. The molecule has 13 heteroatoms. The maximum absolute atomic E-state index is 13.7. The van der Waals surface area contributed by atoms with E-state index in [2.05, 4.69) is 42.3 Å². The molecule has 2 aromatic heterocycles. The lowest BCUT2D eigenvalue weighted by Gasteiger charge is -2.15. The molecule has 0 aliphatic rings. The predicted molar refractivity (Wildman–Crippen MR) is 183 cm³/mol. The molecule has 226 valence electrons. The molecule has 0 spiro atoms. The third-order valence-electron chi connectivity index (χ3n) is 6.62. The van der Waals surface area contributed by atoms with E-state index in [1.54, 1.807) is 60.7 Å². The van der Waals surface area contributed by atoms with E-state index in [4.69, 9.17) is 42.1 Å². The van der Waals surface area contributed by atoms with Gasteiger partial charge in [0, 0.05) is 30.6 Å². The van der Waals surface area contributed by atoms with E-state index >= 15 is 0 Å². The van der Waals surface area contributed by atoms with Crippen molar-refractivity contribution in [2.45, 2.75) is 0 Å². The zero-order valence-electron chi connectivity index (χ0n) is 23.2. The van der Waals surface area contributed by atoms with Crippen LogP contribution in [0.1, 0.15) is 5.56 Å². The number of furan rings is 1. The monoisotopic (exact) mass is 768 g/mol. The fraction of sp³-hybridized carbons (Fsp3) is 0.0625. The number of benzene rings is 4. The molecule has 6 aromatic rings. The number of hydrogen-bond donors (Lipinski definition) is 1. The lowest BCUT2D eigenvalue weighted by molar-refractivity contribution is -0.118. The van der Waals surface area contributed by atoms with E-state index in [9.17, 15) is 9.59 Å². The number of anilines is 1. The number of amides is 1. The van der Waals surface area contributed by atoms with Gasteiger partial charge < -0.3 is 19.2 Å². The number of halogens is 4. The number of para-hydroxylation sites is 1. The molecular weight excluding hydrogens is 751 g/mol. The molecule has 0 aliphatic carbocycles. The minimum absolute atomic E-state index is 0.141. The van der Waals surface area contributed by atoms with E-state index in [0.717, 1.165) is 9.86 Å². The molecule has 0 saturated carbocycles. The first kappa shape index (κ1) is 30.8. The normalized spacial score (nSPS) is 11.4. The van der Waals surface area contributed by atoms with Crippen LogP contribution in [0.3, 0.4) is 0 Å². The Labute approximate surface area is 282 Å². The van der Waals surface area contributed by atoms with Gasteiger partial charge in [0.2, 0.25) is 5.82 Å². The largest absolute Gasteiger partial charge is 0.493 e. The van der Waals surface area contributed by atoms with Crippen LogP contribution in [-0.2, 0) is 4.79 Å². The summed E-state index contributed by atoms with van der Waals surface area (Å²) in [6.45, 7) is -0.339. The number of aromatic nitrogens is 2. The van der Waals surface area contributed by atoms with Crippen molar-refractivity contribution in [3.05, 3.63) is 114 Å². The number of carbonyl (C=O) groups excluding carboxylic acids is 1. The molecule has 6 rings (SSSR count). The second-order valence-corrected chi connectivity index (χ2v) is 12.1. The molecule has 2 heterocycles. The standard InChI is InChI=1S/C32H20Br2Cl2N4O5/c1-43-25-14-18(28(34)29(36)30(25)44-16-27(41)38-21-9-7-20(35)8-10-21)15-37-40-31(39-23-5-3-2-4-22(23)32(40)42)26-13-17-12-19(33)6-11-24(17)45-26/h2-15H,16H2,1H3,(H,38,41).